The van der Waals surface area contributed by atoms with Gasteiger partial charge >= 0.3 is 5.97 Å². The van der Waals surface area contributed by atoms with Gasteiger partial charge in [-0.1, -0.05) is 60.7 Å². The first-order chi connectivity index (χ1) is 9.59. The molecule has 0 aliphatic carbocycles. The van der Waals surface area contributed by atoms with Crippen molar-refractivity contribution in [3.63, 3.8) is 0 Å². The van der Waals surface area contributed by atoms with Crippen LogP contribution in [0.15, 0.2) is 60.7 Å². The molecule has 0 aromatic heterocycles. The Morgan fingerprint density at radius 1 is 0.800 bits per heavy atom. The van der Waals surface area contributed by atoms with Crippen LogP contribution in [0.3, 0.4) is 0 Å². The SMILES string of the molecule is C[Si]1(C)OC(=O)C(c2ccccc2)=C1c1ccccc1. The number of hydrogen-bond donors (Lipinski definition) is 0. The lowest BCUT2D eigenvalue weighted by Gasteiger charge is -2.18. The van der Waals surface area contributed by atoms with Crippen LogP contribution in [0.1, 0.15) is 11.1 Å². The summed E-state index contributed by atoms with van der Waals surface area (Å²) in [5, 5.41) is 1.09. The van der Waals surface area contributed by atoms with Gasteiger partial charge in [0.2, 0.25) is 0 Å². The first-order valence-corrected chi connectivity index (χ1v) is 9.59. The molecule has 1 aliphatic rings. The second-order valence-electron chi connectivity index (χ2n) is 5.38. The van der Waals surface area contributed by atoms with Gasteiger partial charge in [-0.05, 0) is 24.2 Å². The molecule has 0 fully saturated rings. The normalized spacial score (nSPS) is 17.2. The van der Waals surface area contributed by atoms with E-state index in [0.29, 0.717) is 0 Å². The monoisotopic (exact) mass is 280 g/mol. The van der Waals surface area contributed by atoms with Crippen LogP contribution in [0.2, 0.25) is 13.1 Å². The second-order valence-corrected chi connectivity index (χ2v) is 9.11. The minimum atomic E-state index is -2.19. The van der Waals surface area contributed by atoms with Gasteiger partial charge < -0.3 is 4.43 Å². The molecule has 0 saturated carbocycles. The molecule has 0 spiro atoms. The molecule has 3 rings (SSSR count). The topological polar surface area (TPSA) is 26.3 Å². The molecule has 20 heavy (non-hydrogen) atoms. The van der Waals surface area contributed by atoms with Gasteiger partial charge in [0.15, 0.2) is 0 Å². The highest BCUT2D eigenvalue weighted by Crippen LogP contribution is 2.40. The molecule has 1 heterocycles. The van der Waals surface area contributed by atoms with Crippen molar-refractivity contribution in [2.45, 2.75) is 13.1 Å². The van der Waals surface area contributed by atoms with Crippen molar-refractivity contribution in [1.29, 1.82) is 0 Å². The molecule has 0 radical (unpaired) electrons. The van der Waals surface area contributed by atoms with Crippen LogP contribution in [-0.2, 0) is 9.22 Å². The highest BCUT2D eigenvalue weighted by molar-refractivity contribution is 6.95. The summed E-state index contributed by atoms with van der Waals surface area (Å²) in [5.41, 5.74) is 2.76. The molecule has 3 heteroatoms. The van der Waals surface area contributed by atoms with Crippen LogP contribution in [0.5, 0.6) is 0 Å². The van der Waals surface area contributed by atoms with E-state index in [0.717, 1.165) is 21.9 Å². The summed E-state index contributed by atoms with van der Waals surface area (Å²) in [7, 11) is -2.19. The molecule has 1 aliphatic heterocycles. The molecule has 0 atom stereocenters. The highest BCUT2D eigenvalue weighted by Gasteiger charge is 2.44. The van der Waals surface area contributed by atoms with Crippen molar-refractivity contribution < 1.29 is 9.22 Å². The number of carbonyl (C=O) groups excluding carboxylic acids is 1. The third-order valence-corrected chi connectivity index (χ3v) is 5.97. The number of hydrogen-bond acceptors (Lipinski definition) is 2. The Hall–Kier alpha value is -2.13. The second kappa shape index (κ2) is 4.76. The molecular formula is C17H16O2Si. The standard InChI is InChI=1S/C17H16O2Si/c1-20(2)16(14-11-7-4-8-12-14)15(17(18)19-20)13-9-5-3-6-10-13/h3-12H,1-2H3. The van der Waals surface area contributed by atoms with Gasteiger partial charge in [0.05, 0.1) is 5.57 Å². The summed E-state index contributed by atoms with van der Waals surface area (Å²) in [5.74, 6) is -0.188. The van der Waals surface area contributed by atoms with E-state index in [-0.39, 0.29) is 5.97 Å². The Bertz CT molecular complexity index is 673. The van der Waals surface area contributed by atoms with E-state index in [9.17, 15) is 4.79 Å². The number of carbonyl (C=O) groups is 1. The predicted molar refractivity (Wildman–Crippen MR) is 83.3 cm³/mol. The minimum absolute atomic E-state index is 0.188. The van der Waals surface area contributed by atoms with E-state index >= 15 is 0 Å². The van der Waals surface area contributed by atoms with Gasteiger partial charge in [0.1, 0.15) is 0 Å². The lowest BCUT2D eigenvalue weighted by Crippen LogP contribution is -2.29. The average Bonchev–Trinajstić information content (AvgIpc) is 2.70. The van der Waals surface area contributed by atoms with Crippen molar-refractivity contribution in [2.75, 3.05) is 0 Å². The molecule has 0 unspecified atom stereocenters. The molecule has 100 valence electrons. The molecule has 2 aromatic rings. The summed E-state index contributed by atoms with van der Waals surface area (Å²) in [4.78, 5) is 12.3. The first kappa shape index (κ1) is 12.9. The van der Waals surface area contributed by atoms with Crippen LogP contribution < -0.4 is 0 Å². The fourth-order valence-corrected chi connectivity index (χ4v) is 5.08. The maximum atomic E-state index is 12.3. The smallest absolute Gasteiger partial charge is 0.325 e. The summed E-state index contributed by atoms with van der Waals surface area (Å²) in [6.07, 6.45) is 0. The predicted octanol–water partition coefficient (Wildman–Crippen LogP) is 3.90. The fourth-order valence-electron chi connectivity index (χ4n) is 2.70. The van der Waals surface area contributed by atoms with Crippen LogP contribution in [0.4, 0.5) is 0 Å². The summed E-state index contributed by atoms with van der Waals surface area (Å²) in [6, 6.07) is 19.9. The molecular weight excluding hydrogens is 264 g/mol. The van der Waals surface area contributed by atoms with Crippen LogP contribution in [0.25, 0.3) is 10.8 Å². The Morgan fingerprint density at radius 2 is 1.30 bits per heavy atom. The number of rotatable bonds is 2. The van der Waals surface area contributed by atoms with Gasteiger partial charge in [0, 0.05) is 5.20 Å². The zero-order valence-electron chi connectivity index (χ0n) is 11.6. The van der Waals surface area contributed by atoms with Crippen molar-refractivity contribution in [3.8, 4) is 0 Å². The van der Waals surface area contributed by atoms with Gasteiger partial charge in [0.25, 0.3) is 8.32 Å². The quantitative estimate of drug-likeness (QED) is 0.780. The largest absolute Gasteiger partial charge is 0.512 e. The van der Waals surface area contributed by atoms with E-state index in [2.05, 4.69) is 25.2 Å². The first-order valence-electron chi connectivity index (χ1n) is 6.68. The zero-order valence-corrected chi connectivity index (χ0v) is 12.6. The summed E-state index contributed by atoms with van der Waals surface area (Å²) >= 11 is 0. The summed E-state index contributed by atoms with van der Waals surface area (Å²) in [6.45, 7) is 4.15. The maximum absolute atomic E-state index is 12.3. The van der Waals surface area contributed by atoms with Crippen LogP contribution >= 0.6 is 0 Å². The van der Waals surface area contributed by atoms with E-state index in [1.165, 1.54) is 0 Å². The lowest BCUT2D eigenvalue weighted by molar-refractivity contribution is -0.127. The zero-order chi connectivity index (χ0) is 14.2. The molecule has 0 saturated heterocycles. The van der Waals surface area contributed by atoms with Gasteiger partial charge in [-0.2, -0.15) is 0 Å². The van der Waals surface area contributed by atoms with Gasteiger partial charge in [-0.15, -0.1) is 0 Å². The van der Waals surface area contributed by atoms with Crippen molar-refractivity contribution >= 4 is 25.1 Å². The van der Waals surface area contributed by atoms with Crippen LogP contribution in [-0.4, -0.2) is 14.3 Å². The highest BCUT2D eigenvalue weighted by atomic mass is 28.4. The maximum Gasteiger partial charge on any atom is 0.325 e. The van der Waals surface area contributed by atoms with Crippen molar-refractivity contribution in [3.05, 3.63) is 71.8 Å². The van der Waals surface area contributed by atoms with Gasteiger partial charge in [-0.3, -0.25) is 0 Å². The van der Waals surface area contributed by atoms with E-state index in [1.54, 1.807) is 0 Å². The van der Waals surface area contributed by atoms with E-state index < -0.39 is 8.32 Å². The minimum Gasteiger partial charge on any atom is -0.512 e. The van der Waals surface area contributed by atoms with Crippen molar-refractivity contribution in [2.24, 2.45) is 0 Å². The Morgan fingerprint density at radius 3 is 1.85 bits per heavy atom. The average molecular weight is 280 g/mol. The number of benzene rings is 2. The Kier molecular flexibility index (Phi) is 3.07. The van der Waals surface area contributed by atoms with E-state index in [4.69, 9.17) is 4.43 Å². The summed E-state index contributed by atoms with van der Waals surface area (Å²) < 4.78 is 5.71. The lowest BCUT2D eigenvalue weighted by atomic mass is 10.0. The molecule has 0 bridgehead atoms. The molecule has 2 aromatic carbocycles. The Balaban J connectivity index is 2.27. The molecule has 0 amide bonds. The molecule has 0 N–H and O–H groups in total. The molecule has 2 nitrogen and oxygen atoms in total. The Labute approximate surface area is 119 Å². The fraction of sp³-hybridized carbons (Fsp3) is 0.118. The van der Waals surface area contributed by atoms with Gasteiger partial charge in [-0.25, -0.2) is 4.79 Å². The van der Waals surface area contributed by atoms with E-state index in [1.807, 2.05) is 48.5 Å². The van der Waals surface area contributed by atoms with Crippen molar-refractivity contribution in [1.82, 2.24) is 0 Å². The van der Waals surface area contributed by atoms with Crippen LogP contribution in [0, 0.1) is 0 Å². The third kappa shape index (κ3) is 2.10. The third-order valence-electron chi connectivity index (χ3n) is 3.53.